The van der Waals surface area contributed by atoms with E-state index in [9.17, 15) is 9.18 Å². The summed E-state index contributed by atoms with van der Waals surface area (Å²) in [5, 5.41) is 0. The van der Waals surface area contributed by atoms with Gasteiger partial charge in [-0.2, -0.15) is 0 Å². The van der Waals surface area contributed by atoms with Crippen molar-refractivity contribution in [2.24, 2.45) is 0 Å². The third-order valence-electron chi connectivity index (χ3n) is 2.14. The van der Waals surface area contributed by atoms with Gasteiger partial charge < -0.3 is 0 Å². The van der Waals surface area contributed by atoms with Gasteiger partial charge >= 0.3 is 0 Å². The van der Waals surface area contributed by atoms with Gasteiger partial charge in [-0.15, -0.1) is 11.3 Å². The van der Waals surface area contributed by atoms with Gasteiger partial charge in [-0.1, -0.05) is 0 Å². The normalized spacial score (nSPS) is 10.4. The quantitative estimate of drug-likeness (QED) is 0.593. The predicted molar refractivity (Wildman–Crippen MR) is 71.6 cm³/mol. The molecule has 0 aliphatic rings. The smallest absolute Gasteiger partial charge is 0.204 e. The van der Waals surface area contributed by atoms with E-state index in [1.807, 2.05) is 41.6 Å². The van der Waals surface area contributed by atoms with Crippen LogP contribution in [0.4, 0.5) is 4.39 Å². The lowest BCUT2D eigenvalue weighted by molar-refractivity contribution is 0.104. The molecule has 0 radical (unpaired) electrons. The number of carbonyl (C=O) groups is 1. The highest BCUT2D eigenvalue weighted by atomic mass is 127. The number of hydrogen-bond donors (Lipinski definition) is 0. The molecule has 0 unspecified atom stereocenters. The summed E-state index contributed by atoms with van der Waals surface area (Å²) in [7, 11) is 0. The number of rotatable bonds is 2. The minimum absolute atomic E-state index is 0.0394. The number of thiophene rings is 1. The molecule has 0 saturated heterocycles. The van der Waals surface area contributed by atoms with Crippen LogP contribution in [0.2, 0.25) is 0 Å². The van der Waals surface area contributed by atoms with Crippen LogP contribution in [0.15, 0.2) is 30.3 Å². The van der Waals surface area contributed by atoms with Gasteiger partial charge in [0, 0.05) is 14.0 Å². The maximum Gasteiger partial charge on any atom is 0.204 e. The van der Waals surface area contributed by atoms with Crippen molar-refractivity contribution in [3.63, 3.8) is 0 Å². The number of benzene rings is 1. The van der Waals surface area contributed by atoms with E-state index in [-0.39, 0.29) is 11.6 Å². The van der Waals surface area contributed by atoms with Crippen LogP contribution in [0.1, 0.15) is 20.1 Å². The summed E-state index contributed by atoms with van der Waals surface area (Å²) in [6.45, 7) is 1.96. The fourth-order valence-electron chi connectivity index (χ4n) is 1.36. The van der Waals surface area contributed by atoms with Crippen LogP contribution in [0.25, 0.3) is 0 Å². The first-order chi connectivity index (χ1) is 7.58. The average molecular weight is 346 g/mol. The molecule has 1 nitrogen and oxygen atoms in total. The molecular formula is C12H8FIOS. The molecule has 0 saturated carbocycles. The van der Waals surface area contributed by atoms with Crippen molar-refractivity contribution in [1.82, 2.24) is 0 Å². The zero-order valence-corrected chi connectivity index (χ0v) is 11.4. The zero-order chi connectivity index (χ0) is 11.7. The van der Waals surface area contributed by atoms with Crippen molar-refractivity contribution in [3.8, 4) is 0 Å². The molecule has 0 fully saturated rings. The number of ketones is 1. The van der Waals surface area contributed by atoms with E-state index in [4.69, 9.17) is 0 Å². The monoisotopic (exact) mass is 346 g/mol. The summed E-state index contributed by atoms with van der Waals surface area (Å²) in [6.07, 6.45) is 0. The lowest BCUT2D eigenvalue weighted by Crippen LogP contribution is -2.01. The molecule has 0 aliphatic carbocycles. The van der Waals surface area contributed by atoms with Crippen molar-refractivity contribution >= 4 is 39.7 Å². The second-order valence-electron chi connectivity index (χ2n) is 3.36. The van der Waals surface area contributed by atoms with Crippen molar-refractivity contribution in [2.45, 2.75) is 6.92 Å². The second-order valence-corrected chi connectivity index (χ2v) is 5.81. The molecular weight excluding hydrogens is 338 g/mol. The lowest BCUT2D eigenvalue weighted by Gasteiger charge is -2.01. The van der Waals surface area contributed by atoms with E-state index < -0.39 is 0 Å². The highest BCUT2D eigenvalue weighted by Gasteiger charge is 2.14. The molecule has 0 N–H and O–H groups in total. The molecule has 1 aromatic heterocycles. The van der Waals surface area contributed by atoms with Gasteiger partial charge in [0.2, 0.25) is 5.78 Å². The van der Waals surface area contributed by atoms with E-state index in [0.717, 1.165) is 4.88 Å². The zero-order valence-electron chi connectivity index (χ0n) is 8.46. The highest BCUT2D eigenvalue weighted by molar-refractivity contribution is 14.1. The Bertz CT molecular complexity index is 548. The first kappa shape index (κ1) is 11.7. The Kier molecular flexibility index (Phi) is 3.39. The lowest BCUT2D eigenvalue weighted by atomic mass is 10.1. The molecule has 2 aromatic rings. The van der Waals surface area contributed by atoms with Crippen LogP contribution in [0.3, 0.4) is 0 Å². The summed E-state index contributed by atoms with van der Waals surface area (Å²) in [5.74, 6) is -0.356. The Morgan fingerprint density at radius 2 is 2.06 bits per heavy atom. The number of hydrogen-bond acceptors (Lipinski definition) is 2. The molecule has 82 valence electrons. The molecule has 0 amide bonds. The predicted octanol–water partition coefficient (Wildman–Crippen LogP) is 4.03. The Labute approximate surface area is 110 Å². The molecule has 0 aliphatic heterocycles. The first-order valence-corrected chi connectivity index (χ1v) is 6.53. The molecule has 1 heterocycles. The van der Waals surface area contributed by atoms with Crippen molar-refractivity contribution in [2.75, 3.05) is 0 Å². The number of aryl methyl sites for hydroxylation is 1. The SMILES string of the molecule is Cc1ccc(C(=O)c2ccc(F)cc2I)s1. The van der Waals surface area contributed by atoms with Crippen LogP contribution in [0, 0.1) is 16.3 Å². The third-order valence-corrected chi connectivity index (χ3v) is 4.03. The number of carbonyl (C=O) groups excluding carboxylic acids is 1. The summed E-state index contributed by atoms with van der Waals surface area (Å²) in [6, 6.07) is 7.94. The van der Waals surface area contributed by atoms with Gasteiger partial charge in [0.15, 0.2) is 0 Å². The van der Waals surface area contributed by atoms with Crippen molar-refractivity contribution < 1.29 is 9.18 Å². The largest absolute Gasteiger partial charge is 0.288 e. The topological polar surface area (TPSA) is 17.1 Å². The van der Waals surface area contributed by atoms with Gasteiger partial charge in [0.1, 0.15) is 5.82 Å². The second kappa shape index (κ2) is 4.63. The minimum Gasteiger partial charge on any atom is -0.288 e. The summed E-state index contributed by atoms with van der Waals surface area (Å²) >= 11 is 3.44. The highest BCUT2D eigenvalue weighted by Crippen LogP contribution is 2.22. The fourth-order valence-corrected chi connectivity index (χ4v) is 2.91. The van der Waals surface area contributed by atoms with Gasteiger partial charge in [0.05, 0.1) is 4.88 Å². The summed E-state index contributed by atoms with van der Waals surface area (Å²) < 4.78 is 13.6. The van der Waals surface area contributed by atoms with Gasteiger partial charge in [0.25, 0.3) is 0 Å². The molecule has 4 heteroatoms. The molecule has 0 spiro atoms. The molecule has 0 bridgehead atoms. The average Bonchev–Trinajstić information content (AvgIpc) is 2.64. The van der Waals surface area contributed by atoms with Crippen LogP contribution in [-0.2, 0) is 0 Å². The van der Waals surface area contributed by atoms with Gasteiger partial charge in [-0.3, -0.25) is 4.79 Å². The van der Waals surface area contributed by atoms with E-state index in [0.29, 0.717) is 14.0 Å². The first-order valence-electron chi connectivity index (χ1n) is 4.64. The fraction of sp³-hybridized carbons (Fsp3) is 0.0833. The maximum atomic E-state index is 12.9. The Balaban J connectivity index is 2.41. The van der Waals surface area contributed by atoms with Crippen molar-refractivity contribution in [3.05, 3.63) is 55.0 Å². The Morgan fingerprint density at radius 1 is 1.31 bits per heavy atom. The van der Waals surface area contributed by atoms with Crippen LogP contribution in [-0.4, -0.2) is 5.78 Å². The van der Waals surface area contributed by atoms with Gasteiger partial charge in [-0.25, -0.2) is 4.39 Å². The van der Waals surface area contributed by atoms with Crippen LogP contribution < -0.4 is 0 Å². The molecule has 0 atom stereocenters. The maximum absolute atomic E-state index is 12.9. The standard InChI is InChI=1S/C12H8FIOS/c1-7-2-5-11(16-7)12(15)9-4-3-8(13)6-10(9)14/h2-6H,1H3. The molecule has 1 aromatic carbocycles. The van der Waals surface area contributed by atoms with E-state index in [2.05, 4.69) is 0 Å². The van der Waals surface area contributed by atoms with E-state index in [1.54, 1.807) is 0 Å². The number of halogens is 2. The third kappa shape index (κ3) is 2.32. The Hall–Kier alpha value is -0.750. The van der Waals surface area contributed by atoms with Crippen LogP contribution >= 0.6 is 33.9 Å². The molecule has 16 heavy (non-hydrogen) atoms. The van der Waals surface area contributed by atoms with Gasteiger partial charge in [-0.05, 0) is 59.8 Å². The van der Waals surface area contributed by atoms with Crippen molar-refractivity contribution in [1.29, 1.82) is 0 Å². The van der Waals surface area contributed by atoms with E-state index in [1.165, 1.54) is 29.5 Å². The Morgan fingerprint density at radius 3 is 2.62 bits per heavy atom. The van der Waals surface area contributed by atoms with E-state index >= 15 is 0 Å². The summed E-state index contributed by atoms with van der Waals surface area (Å²) in [5.41, 5.74) is 0.559. The summed E-state index contributed by atoms with van der Waals surface area (Å²) in [4.78, 5) is 13.9. The minimum atomic E-state index is -0.316. The molecule has 2 rings (SSSR count). The van der Waals surface area contributed by atoms with Crippen LogP contribution in [0.5, 0.6) is 0 Å².